The van der Waals surface area contributed by atoms with Gasteiger partial charge in [-0.3, -0.25) is 0 Å². The molecule has 3 heteroatoms. The van der Waals surface area contributed by atoms with Gasteiger partial charge < -0.3 is 4.42 Å². The van der Waals surface area contributed by atoms with Crippen molar-refractivity contribution in [2.75, 3.05) is 0 Å². The zero-order chi connectivity index (χ0) is 33.7. The Morgan fingerprint density at radius 2 is 0.941 bits per heavy atom. The minimum atomic E-state index is 0.670. The Morgan fingerprint density at radius 3 is 1.73 bits per heavy atom. The first-order valence-corrected chi connectivity index (χ1v) is 17.2. The van der Waals surface area contributed by atoms with E-state index in [-0.39, 0.29) is 0 Å². The number of rotatable bonds is 5. The lowest BCUT2D eigenvalue weighted by atomic mass is 9.91. The van der Waals surface area contributed by atoms with E-state index in [2.05, 4.69) is 158 Å². The summed E-state index contributed by atoms with van der Waals surface area (Å²) >= 11 is 0. The van der Waals surface area contributed by atoms with Gasteiger partial charge in [0, 0.05) is 38.2 Å². The summed E-state index contributed by atoms with van der Waals surface area (Å²) in [5.74, 6) is 0.670. The Labute approximate surface area is 295 Å². The van der Waals surface area contributed by atoms with Crippen molar-refractivity contribution in [3.63, 3.8) is 0 Å². The fourth-order valence-corrected chi connectivity index (χ4v) is 7.37. The molecule has 0 aliphatic rings. The Kier molecular flexibility index (Phi) is 6.81. The van der Waals surface area contributed by atoms with Gasteiger partial charge in [0.15, 0.2) is 5.82 Å². The number of aromatic nitrogens is 2. The molecule has 0 bridgehead atoms. The van der Waals surface area contributed by atoms with E-state index in [4.69, 9.17) is 14.4 Å². The summed E-state index contributed by atoms with van der Waals surface area (Å²) in [6, 6.07) is 63.8. The van der Waals surface area contributed by atoms with Crippen LogP contribution in [0.3, 0.4) is 0 Å². The lowest BCUT2D eigenvalue weighted by Crippen LogP contribution is -1.97. The van der Waals surface area contributed by atoms with Gasteiger partial charge in [-0.15, -0.1) is 0 Å². The van der Waals surface area contributed by atoms with Gasteiger partial charge in [0.25, 0.3) is 0 Å². The van der Waals surface area contributed by atoms with E-state index < -0.39 is 0 Å². The average Bonchev–Trinajstić information content (AvgIpc) is 3.60. The number of hydrogen-bond donors (Lipinski definition) is 0. The van der Waals surface area contributed by atoms with Crippen molar-refractivity contribution in [2.24, 2.45) is 0 Å². The summed E-state index contributed by atoms with van der Waals surface area (Å²) < 4.78 is 6.61. The Bertz CT molecular complexity index is 2890. The van der Waals surface area contributed by atoms with Gasteiger partial charge in [0.1, 0.15) is 11.2 Å². The summed E-state index contributed by atoms with van der Waals surface area (Å²) in [5.41, 5.74) is 11.1. The van der Waals surface area contributed by atoms with Gasteiger partial charge >= 0.3 is 0 Å². The maximum atomic E-state index is 6.61. The molecule has 0 unspecified atom stereocenters. The number of hydrogen-bond acceptors (Lipinski definition) is 3. The third-order valence-corrected chi connectivity index (χ3v) is 9.89. The van der Waals surface area contributed by atoms with Crippen molar-refractivity contribution >= 4 is 43.5 Å². The highest BCUT2D eigenvalue weighted by Crippen LogP contribution is 2.44. The first-order chi connectivity index (χ1) is 25.3. The van der Waals surface area contributed by atoms with Crippen molar-refractivity contribution in [3.05, 3.63) is 182 Å². The van der Waals surface area contributed by atoms with E-state index in [1.165, 1.54) is 21.9 Å². The molecule has 0 N–H and O–H groups in total. The van der Waals surface area contributed by atoms with Gasteiger partial charge in [0.05, 0.1) is 11.4 Å². The fourth-order valence-electron chi connectivity index (χ4n) is 7.37. The second kappa shape index (κ2) is 11.9. The zero-order valence-electron chi connectivity index (χ0n) is 27.6. The molecule has 0 fully saturated rings. The van der Waals surface area contributed by atoms with Gasteiger partial charge in [-0.1, -0.05) is 158 Å². The van der Waals surface area contributed by atoms with Crippen molar-refractivity contribution in [3.8, 4) is 56.2 Å². The summed E-state index contributed by atoms with van der Waals surface area (Å²) in [4.78, 5) is 10.7. The predicted octanol–water partition coefficient (Wildman–Crippen LogP) is 13.0. The molecular formula is C48H30N2O. The Hall–Kier alpha value is -6.84. The van der Waals surface area contributed by atoms with Crippen LogP contribution in [0.1, 0.15) is 0 Å². The smallest absolute Gasteiger partial charge is 0.161 e. The molecule has 0 spiro atoms. The number of nitrogens with zero attached hydrogens (tertiary/aromatic N) is 2. The largest absolute Gasteiger partial charge is 0.455 e. The number of para-hydroxylation sites is 1. The van der Waals surface area contributed by atoms with Crippen LogP contribution < -0.4 is 0 Å². The SMILES string of the molecule is c1ccc(-c2ccc(-c3cc(-c4ccccc4)nc(-c4cc5c6ccccc6oc5c5cccc(-c6ccc7ccccc7c6)c45)n3)cc2)cc1. The topological polar surface area (TPSA) is 38.9 Å². The lowest BCUT2D eigenvalue weighted by Gasteiger charge is -2.15. The maximum absolute atomic E-state index is 6.61. The molecule has 51 heavy (non-hydrogen) atoms. The summed E-state index contributed by atoms with van der Waals surface area (Å²) in [6.07, 6.45) is 0. The molecule has 0 atom stereocenters. The van der Waals surface area contributed by atoms with Gasteiger partial charge in [-0.05, 0) is 57.3 Å². The highest BCUT2D eigenvalue weighted by Gasteiger charge is 2.21. The van der Waals surface area contributed by atoms with E-state index in [0.717, 1.165) is 71.9 Å². The molecule has 0 saturated heterocycles. The average molecular weight is 651 g/mol. The van der Waals surface area contributed by atoms with Crippen LogP contribution in [-0.2, 0) is 0 Å². The van der Waals surface area contributed by atoms with Crippen molar-refractivity contribution in [1.29, 1.82) is 0 Å². The minimum absolute atomic E-state index is 0.670. The molecule has 2 heterocycles. The van der Waals surface area contributed by atoms with Gasteiger partial charge in [-0.25, -0.2) is 9.97 Å². The number of furan rings is 1. The third-order valence-electron chi connectivity index (χ3n) is 9.89. The summed E-state index contributed by atoms with van der Waals surface area (Å²) in [5, 5.41) is 6.63. The molecule has 0 aliphatic carbocycles. The molecule has 3 nitrogen and oxygen atoms in total. The molecule has 0 amide bonds. The molecule has 10 aromatic rings. The lowest BCUT2D eigenvalue weighted by molar-refractivity contribution is 0.672. The molecule has 0 aliphatic heterocycles. The van der Waals surface area contributed by atoms with Crippen LogP contribution in [0, 0.1) is 0 Å². The zero-order valence-corrected chi connectivity index (χ0v) is 27.6. The van der Waals surface area contributed by atoms with E-state index in [9.17, 15) is 0 Å². The van der Waals surface area contributed by atoms with Gasteiger partial charge in [-0.2, -0.15) is 0 Å². The molecule has 8 aromatic carbocycles. The predicted molar refractivity (Wildman–Crippen MR) is 212 cm³/mol. The van der Waals surface area contributed by atoms with E-state index in [1.54, 1.807) is 0 Å². The molecular weight excluding hydrogens is 621 g/mol. The van der Waals surface area contributed by atoms with Crippen LogP contribution in [0.15, 0.2) is 186 Å². The quantitative estimate of drug-likeness (QED) is 0.186. The molecule has 2 aromatic heterocycles. The van der Waals surface area contributed by atoms with E-state index >= 15 is 0 Å². The van der Waals surface area contributed by atoms with E-state index in [1.807, 2.05) is 24.3 Å². The van der Waals surface area contributed by atoms with Crippen LogP contribution in [0.4, 0.5) is 0 Å². The first-order valence-electron chi connectivity index (χ1n) is 17.2. The second-order valence-corrected chi connectivity index (χ2v) is 13.0. The van der Waals surface area contributed by atoms with Gasteiger partial charge in [0.2, 0.25) is 0 Å². The fraction of sp³-hybridized carbons (Fsp3) is 0. The highest BCUT2D eigenvalue weighted by molar-refractivity contribution is 6.22. The standard InChI is InChI=1S/C48H30N2O/c1-3-12-31(13-4-1)33-22-25-35(26-23-33)44-30-43(34-15-5-2-6-16-34)49-48(50-44)42-29-41-39-18-9-10-21-45(39)51-47(41)40-20-11-19-38(46(40)42)37-27-24-32-14-7-8-17-36(32)28-37/h1-30H. The van der Waals surface area contributed by atoms with Crippen molar-refractivity contribution < 1.29 is 4.42 Å². The number of benzene rings is 8. The van der Waals surface area contributed by atoms with Crippen LogP contribution >= 0.6 is 0 Å². The molecule has 238 valence electrons. The summed E-state index contributed by atoms with van der Waals surface area (Å²) in [7, 11) is 0. The van der Waals surface area contributed by atoms with Crippen molar-refractivity contribution in [2.45, 2.75) is 0 Å². The van der Waals surface area contributed by atoms with Crippen LogP contribution in [0.25, 0.3) is 99.6 Å². The molecule has 0 saturated carbocycles. The maximum Gasteiger partial charge on any atom is 0.161 e. The van der Waals surface area contributed by atoms with Crippen molar-refractivity contribution in [1.82, 2.24) is 9.97 Å². The van der Waals surface area contributed by atoms with E-state index in [0.29, 0.717) is 5.82 Å². The second-order valence-electron chi connectivity index (χ2n) is 13.0. The Balaban J connectivity index is 1.26. The monoisotopic (exact) mass is 650 g/mol. The highest BCUT2D eigenvalue weighted by atomic mass is 16.3. The molecule has 0 radical (unpaired) electrons. The van der Waals surface area contributed by atoms with Crippen LogP contribution in [0.2, 0.25) is 0 Å². The minimum Gasteiger partial charge on any atom is -0.455 e. The Morgan fingerprint density at radius 1 is 0.353 bits per heavy atom. The molecule has 10 rings (SSSR count). The first kappa shape index (κ1) is 29.1. The van der Waals surface area contributed by atoms with Crippen LogP contribution in [0.5, 0.6) is 0 Å². The summed E-state index contributed by atoms with van der Waals surface area (Å²) in [6.45, 7) is 0. The van der Waals surface area contributed by atoms with Crippen LogP contribution in [-0.4, -0.2) is 9.97 Å². The number of fused-ring (bicyclic) bond motifs is 6. The normalized spacial score (nSPS) is 11.5. The third kappa shape index (κ3) is 5.06.